The predicted molar refractivity (Wildman–Crippen MR) is 107 cm³/mol. The fourth-order valence-electron chi connectivity index (χ4n) is 2.47. The summed E-state index contributed by atoms with van der Waals surface area (Å²) in [5, 5.41) is 11.2. The van der Waals surface area contributed by atoms with Crippen LogP contribution in [0.2, 0.25) is 5.02 Å². The van der Waals surface area contributed by atoms with Crippen molar-refractivity contribution in [3.8, 4) is 11.5 Å². The van der Waals surface area contributed by atoms with E-state index in [9.17, 15) is 18.5 Å². The van der Waals surface area contributed by atoms with Crippen LogP contribution >= 0.6 is 11.6 Å². The van der Waals surface area contributed by atoms with Gasteiger partial charge in [0.25, 0.3) is 5.69 Å². The van der Waals surface area contributed by atoms with Crippen LogP contribution in [-0.4, -0.2) is 13.3 Å². The summed E-state index contributed by atoms with van der Waals surface area (Å²) in [4.78, 5) is 10.3. The molecule has 0 spiro atoms. The van der Waals surface area contributed by atoms with Crippen molar-refractivity contribution in [2.75, 3.05) is 4.72 Å². The van der Waals surface area contributed by atoms with Crippen molar-refractivity contribution in [3.63, 3.8) is 0 Å². The van der Waals surface area contributed by atoms with Crippen LogP contribution in [0.1, 0.15) is 5.56 Å². The molecule has 9 heteroatoms. The number of nitrogens with one attached hydrogen (secondary N) is 1. The second-order valence-electron chi connectivity index (χ2n) is 5.84. The van der Waals surface area contributed by atoms with Crippen LogP contribution in [0.15, 0.2) is 72.8 Å². The molecular formula is C19H15ClN2O5S. The van der Waals surface area contributed by atoms with Crippen molar-refractivity contribution in [1.82, 2.24) is 0 Å². The van der Waals surface area contributed by atoms with Gasteiger partial charge in [0, 0.05) is 17.2 Å². The first-order chi connectivity index (χ1) is 13.3. The van der Waals surface area contributed by atoms with Crippen LogP contribution in [-0.2, 0) is 15.8 Å². The van der Waals surface area contributed by atoms with Crippen LogP contribution in [0.3, 0.4) is 0 Å². The molecule has 144 valence electrons. The number of nitro benzene ring substituents is 1. The van der Waals surface area contributed by atoms with Gasteiger partial charge in [-0.1, -0.05) is 41.9 Å². The molecule has 0 aliphatic carbocycles. The Morgan fingerprint density at radius 3 is 2.46 bits per heavy atom. The molecule has 28 heavy (non-hydrogen) atoms. The first kappa shape index (κ1) is 19.7. The van der Waals surface area contributed by atoms with Gasteiger partial charge in [0.2, 0.25) is 10.0 Å². The maximum atomic E-state index is 12.6. The summed E-state index contributed by atoms with van der Waals surface area (Å²) in [5.41, 5.74) is 0.277. The lowest BCUT2D eigenvalue weighted by molar-refractivity contribution is -0.384. The zero-order valence-corrected chi connectivity index (χ0v) is 16.0. The van der Waals surface area contributed by atoms with Gasteiger partial charge in [-0.15, -0.1) is 0 Å². The molecule has 0 unspecified atom stereocenters. The number of hydrogen-bond donors (Lipinski definition) is 1. The molecule has 0 saturated carbocycles. The van der Waals surface area contributed by atoms with Gasteiger partial charge in [-0.05, 0) is 35.9 Å². The molecular weight excluding hydrogens is 404 g/mol. The highest BCUT2D eigenvalue weighted by atomic mass is 35.5. The quantitative estimate of drug-likeness (QED) is 0.430. The van der Waals surface area contributed by atoms with Crippen molar-refractivity contribution in [3.05, 3.63) is 93.5 Å². The Balaban J connectivity index is 1.84. The minimum Gasteiger partial charge on any atom is -0.455 e. The number of ether oxygens (including phenoxy) is 1. The molecule has 0 bridgehead atoms. The van der Waals surface area contributed by atoms with E-state index in [-0.39, 0.29) is 22.7 Å². The molecule has 0 fully saturated rings. The molecule has 3 aromatic carbocycles. The maximum Gasteiger partial charge on any atom is 0.269 e. The fourth-order valence-corrected chi connectivity index (χ4v) is 3.83. The summed E-state index contributed by atoms with van der Waals surface area (Å²) in [6, 6.07) is 18.9. The first-order valence-electron chi connectivity index (χ1n) is 8.09. The van der Waals surface area contributed by atoms with Crippen molar-refractivity contribution < 1.29 is 18.1 Å². The highest BCUT2D eigenvalue weighted by Crippen LogP contribution is 2.33. The third-order valence-corrected chi connectivity index (χ3v) is 5.14. The number of nitrogens with zero attached hydrogens (tertiary/aromatic N) is 1. The van der Waals surface area contributed by atoms with Crippen LogP contribution in [0.25, 0.3) is 0 Å². The zero-order chi connectivity index (χ0) is 20.1. The van der Waals surface area contributed by atoms with E-state index in [0.29, 0.717) is 10.8 Å². The van der Waals surface area contributed by atoms with E-state index in [1.165, 1.54) is 30.3 Å². The zero-order valence-electron chi connectivity index (χ0n) is 14.4. The Hall–Kier alpha value is -3.10. The smallest absolute Gasteiger partial charge is 0.269 e. The molecule has 3 aromatic rings. The molecule has 0 aliphatic rings. The lowest BCUT2D eigenvalue weighted by Crippen LogP contribution is -2.15. The van der Waals surface area contributed by atoms with Gasteiger partial charge in [-0.25, -0.2) is 8.42 Å². The lowest BCUT2D eigenvalue weighted by atomic mass is 10.2. The van der Waals surface area contributed by atoms with E-state index in [4.69, 9.17) is 16.3 Å². The van der Waals surface area contributed by atoms with Crippen molar-refractivity contribution >= 4 is 33.0 Å². The largest absolute Gasteiger partial charge is 0.455 e. The molecule has 0 saturated heterocycles. The SMILES string of the molecule is O=[N+]([O-])c1cccc(CS(=O)(=O)Nc2cc(Cl)ccc2Oc2ccccc2)c1. The predicted octanol–water partition coefficient (Wildman–Crippen LogP) is 4.98. The third kappa shape index (κ3) is 5.21. The molecule has 0 aliphatic heterocycles. The van der Waals surface area contributed by atoms with Crippen LogP contribution in [0.5, 0.6) is 11.5 Å². The van der Waals surface area contributed by atoms with E-state index >= 15 is 0 Å². The minimum atomic E-state index is -3.87. The molecule has 0 radical (unpaired) electrons. The third-order valence-electron chi connectivity index (χ3n) is 3.66. The van der Waals surface area contributed by atoms with E-state index in [1.807, 2.05) is 6.07 Å². The highest BCUT2D eigenvalue weighted by molar-refractivity contribution is 7.91. The van der Waals surface area contributed by atoms with Gasteiger partial charge in [0.15, 0.2) is 5.75 Å². The van der Waals surface area contributed by atoms with Crippen molar-refractivity contribution in [2.45, 2.75) is 5.75 Å². The topological polar surface area (TPSA) is 98.5 Å². The Labute approximate surface area is 166 Å². The van der Waals surface area contributed by atoms with E-state index in [2.05, 4.69) is 4.72 Å². The van der Waals surface area contributed by atoms with Gasteiger partial charge in [0.05, 0.1) is 16.4 Å². The Morgan fingerprint density at radius 1 is 1.00 bits per heavy atom. The maximum absolute atomic E-state index is 12.6. The molecule has 0 atom stereocenters. The van der Waals surface area contributed by atoms with E-state index in [1.54, 1.807) is 36.4 Å². The van der Waals surface area contributed by atoms with E-state index in [0.717, 1.165) is 0 Å². The lowest BCUT2D eigenvalue weighted by Gasteiger charge is -2.14. The molecule has 0 aromatic heterocycles. The fraction of sp³-hybridized carbons (Fsp3) is 0.0526. The van der Waals surface area contributed by atoms with Gasteiger partial charge < -0.3 is 4.74 Å². The number of para-hydroxylation sites is 1. The second-order valence-corrected chi connectivity index (χ2v) is 8.00. The number of halogens is 1. The summed E-state index contributed by atoms with van der Waals surface area (Å²) < 4.78 is 33.3. The van der Waals surface area contributed by atoms with Gasteiger partial charge in [-0.2, -0.15) is 0 Å². The highest BCUT2D eigenvalue weighted by Gasteiger charge is 2.17. The van der Waals surface area contributed by atoms with Crippen molar-refractivity contribution in [2.24, 2.45) is 0 Å². The molecule has 7 nitrogen and oxygen atoms in total. The molecule has 1 N–H and O–H groups in total. The average Bonchev–Trinajstić information content (AvgIpc) is 2.64. The number of anilines is 1. The summed E-state index contributed by atoms with van der Waals surface area (Å²) in [7, 11) is -3.87. The number of benzene rings is 3. The van der Waals surface area contributed by atoms with Gasteiger partial charge in [-0.3, -0.25) is 14.8 Å². The first-order valence-corrected chi connectivity index (χ1v) is 10.1. The van der Waals surface area contributed by atoms with Crippen LogP contribution in [0.4, 0.5) is 11.4 Å². The summed E-state index contributed by atoms with van der Waals surface area (Å²) in [5.74, 6) is 0.369. The standard InChI is InChI=1S/C19H15ClN2O5S/c20-15-9-10-19(27-17-7-2-1-3-8-17)18(12-15)21-28(25,26)13-14-5-4-6-16(11-14)22(23)24/h1-12,21H,13H2. The second kappa shape index (κ2) is 8.28. The number of nitro groups is 1. The summed E-state index contributed by atoms with van der Waals surface area (Å²) >= 11 is 6.00. The van der Waals surface area contributed by atoms with Crippen LogP contribution in [0, 0.1) is 10.1 Å². The van der Waals surface area contributed by atoms with Crippen LogP contribution < -0.4 is 9.46 Å². The normalized spacial score (nSPS) is 11.0. The van der Waals surface area contributed by atoms with Gasteiger partial charge in [0.1, 0.15) is 5.75 Å². The Kier molecular flexibility index (Phi) is 5.81. The molecule has 3 rings (SSSR count). The Morgan fingerprint density at radius 2 is 1.75 bits per heavy atom. The van der Waals surface area contributed by atoms with Gasteiger partial charge >= 0.3 is 0 Å². The average molecular weight is 419 g/mol. The number of rotatable bonds is 7. The summed E-state index contributed by atoms with van der Waals surface area (Å²) in [6.07, 6.45) is 0. The van der Waals surface area contributed by atoms with E-state index < -0.39 is 20.7 Å². The minimum absolute atomic E-state index is 0.168. The summed E-state index contributed by atoms with van der Waals surface area (Å²) in [6.45, 7) is 0. The number of non-ortho nitro benzene ring substituents is 1. The number of sulfonamides is 1. The monoisotopic (exact) mass is 418 g/mol. The Bertz CT molecular complexity index is 1100. The number of hydrogen-bond acceptors (Lipinski definition) is 5. The molecule has 0 amide bonds. The van der Waals surface area contributed by atoms with Crippen molar-refractivity contribution in [1.29, 1.82) is 0 Å². The molecule has 0 heterocycles.